The maximum atomic E-state index is 11.9. The maximum absolute atomic E-state index is 11.9. The minimum absolute atomic E-state index is 0.0913. The maximum Gasteiger partial charge on any atom is 0.242 e. The molecule has 0 spiro atoms. The normalized spacial score (nSPS) is 10.6. The van der Waals surface area contributed by atoms with E-state index in [1.54, 1.807) is 4.68 Å². The number of nitrogens with two attached hydrogens (primary N) is 1. The first-order valence-corrected chi connectivity index (χ1v) is 7.08. The molecule has 20 heavy (non-hydrogen) atoms. The van der Waals surface area contributed by atoms with Gasteiger partial charge in [0.05, 0.1) is 17.1 Å². The second-order valence-corrected chi connectivity index (χ2v) is 5.46. The van der Waals surface area contributed by atoms with Crippen LogP contribution in [-0.4, -0.2) is 15.7 Å². The van der Waals surface area contributed by atoms with Gasteiger partial charge in [-0.15, -0.1) is 0 Å². The van der Waals surface area contributed by atoms with Gasteiger partial charge in [-0.2, -0.15) is 5.10 Å². The lowest BCUT2D eigenvalue weighted by Gasteiger charge is -2.08. The SMILES string of the molecule is Cc1nn(CC(=O)NCc2ccccc2Br)c(C)c1N. The number of aromatic nitrogens is 2. The van der Waals surface area contributed by atoms with E-state index >= 15 is 0 Å². The number of amides is 1. The average Bonchev–Trinajstić information content (AvgIpc) is 2.65. The summed E-state index contributed by atoms with van der Waals surface area (Å²) in [6.45, 7) is 4.34. The minimum atomic E-state index is -0.0913. The number of rotatable bonds is 4. The number of nitrogens with zero attached hydrogens (tertiary/aromatic N) is 2. The molecule has 2 aromatic rings. The van der Waals surface area contributed by atoms with Crippen LogP contribution in [0, 0.1) is 13.8 Å². The van der Waals surface area contributed by atoms with Crippen molar-refractivity contribution in [1.82, 2.24) is 15.1 Å². The molecule has 1 aromatic heterocycles. The Kier molecular flexibility index (Phi) is 4.44. The number of hydrogen-bond acceptors (Lipinski definition) is 3. The van der Waals surface area contributed by atoms with Crippen molar-refractivity contribution in [3.63, 3.8) is 0 Å². The first-order valence-electron chi connectivity index (χ1n) is 6.28. The lowest BCUT2D eigenvalue weighted by Crippen LogP contribution is -2.28. The van der Waals surface area contributed by atoms with E-state index in [4.69, 9.17) is 5.73 Å². The summed E-state index contributed by atoms with van der Waals surface area (Å²) in [7, 11) is 0. The molecule has 0 atom stereocenters. The Morgan fingerprint density at radius 1 is 1.40 bits per heavy atom. The van der Waals surface area contributed by atoms with E-state index in [0.29, 0.717) is 12.2 Å². The summed E-state index contributed by atoms with van der Waals surface area (Å²) in [4.78, 5) is 11.9. The smallest absolute Gasteiger partial charge is 0.242 e. The van der Waals surface area contributed by atoms with Crippen molar-refractivity contribution in [2.75, 3.05) is 5.73 Å². The number of anilines is 1. The third kappa shape index (κ3) is 3.19. The van der Waals surface area contributed by atoms with Gasteiger partial charge >= 0.3 is 0 Å². The van der Waals surface area contributed by atoms with E-state index in [9.17, 15) is 4.79 Å². The van der Waals surface area contributed by atoms with Crippen LogP contribution in [0.2, 0.25) is 0 Å². The Balaban J connectivity index is 1.96. The van der Waals surface area contributed by atoms with Gasteiger partial charge in [0.1, 0.15) is 6.54 Å². The van der Waals surface area contributed by atoms with E-state index in [0.717, 1.165) is 21.4 Å². The zero-order chi connectivity index (χ0) is 14.7. The molecule has 0 aliphatic rings. The fourth-order valence-electron chi connectivity index (χ4n) is 1.89. The standard InChI is InChI=1S/C14H17BrN4O/c1-9-14(16)10(2)19(18-9)8-13(20)17-7-11-5-3-4-6-12(11)15/h3-6H,7-8,16H2,1-2H3,(H,17,20). The predicted octanol–water partition coefficient (Wildman–Crippen LogP) is 2.16. The van der Waals surface area contributed by atoms with Crippen LogP contribution < -0.4 is 11.1 Å². The highest BCUT2D eigenvalue weighted by molar-refractivity contribution is 9.10. The van der Waals surface area contributed by atoms with E-state index in [1.165, 1.54) is 0 Å². The molecule has 1 amide bonds. The molecule has 0 aliphatic heterocycles. The number of carbonyl (C=O) groups is 1. The van der Waals surface area contributed by atoms with E-state index in [2.05, 4.69) is 26.3 Å². The first-order chi connectivity index (χ1) is 9.49. The molecule has 0 unspecified atom stereocenters. The average molecular weight is 337 g/mol. The fourth-order valence-corrected chi connectivity index (χ4v) is 2.32. The highest BCUT2D eigenvalue weighted by Gasteiger charge is 2.11. The molecule has 5 nitrogen and oxygen atoms in total. The summed E-state index contributed by atoms with van der Waals surface area (Å²) in [6, 6.07) is 7.79. The summed E-state index contributed by atoms with van der Waals surface area (Å²) < 4.78 is 2.61. The molecule has 0 bridgehead atoms. The van der Waals surface area contributed by atoms with Gasteiger partial charge in [-0.1, -0.05) is 34.1 Å². The zero-order valence-corrected chi connectivity index (χ0v) is 13.1. The van der Waals surface area contributed by atoms with Crippen molar-refractivity contribution in [1.29, 1.82) is 0 Å². The van der Waals surface area contributed by atoms with Gasteiger partial charge < -0.3 is 11.1 Å². The quantitative estimate of drug-likeness (QED) is 0.898. The van der Waals surface area contributed by atoms with Crippen molar-refractivity contribution in [2.24, 2.45) is 0 Å². The summed E-state index contributed by atoms with van der Waals surface area (Å²) in [5, 5.41) is 7.12. The van der Waals surface area contributed by atoms with Gasteiger partial charge in [-0.3, -0.25) is 9.48 Å². The third-order valence-electron chi connectivity index (χ3n) is 3.16. The van der Waals surface area contributed by atoms with Gasteiger partial charge in [-0.25, -0.2) is 0 Å². The predicted molar refractivity (Wildman–Crippen MR) is 82.1 cm³/mol. The molecule has 6 heteroatoms. The van der Waals surface area contributed by atoms with E-state index in [1.807, 2.05) is 38.1 Å². The third-order valence-corrected chi connectivity index (χ3v) is 3.94. The Labute approximate surface area is 126 Å². The molecular formula is C14H17BrN4O. The Morgan fingerprint density at radius 2 is 2.10 bits per heavy atom. The second kappa shape index (κ2) is 6.09. The van der Waals surface area contributed by atoms with Gasteiger partial charge in [0.25, 0.3) is 0 Å². The molecule has 1 heterocycles. The number of nitrogens with one attached hydrogen (secondary N) is 1. The number of hydrogen-bond donors (Lipinski definition) is 2. The molecule has 0 fully saturated rings. The van der Waals surface area contributed by atoms with Crippen molar-refractivity contribution in [3.05, 3.63) is 45.7 Å². The van der Waals surface area contributed by atoms with Crippen LogP contribution in [0.4, 0.5) is 5.69 Å². The number of benzene rings is 1. The lowest BCUT2D eigenvalue weighted by molar-refractivity contribution is -0.122. The summed E-state index contributed by atoms with van der Waals surface area (Å²) >= 11 is 3.45. The highest BCUT2D eigenvalue weighted by atomic mass is 79.9. The van der Waals surface area contributed by atoms with Gasteiger partial charge in [-0.05, 0) is 25.5 Å². The van der Waals surface area contributed by atoms with Crippen molar-refractivity contribution in [3.8, 4) is 0 Å². The summed E-state index contributed by atoms with van der Waals surface area (Å²) in [5.41, 5.74) is 9.09. The van der Waals surface area contributed by atoms with Crippen molar-refractivity contribution >= 4 is 27.5 Å². The van der Waals surface area contributed by atoms with Crippen LogP contribution >= 0.6 is 15.9 Å². The van der Waals surface area contributed by atoms with Crippen LogP contribution in [-0.2, 0) is 17.9 Å². The fraction of sp³-hybridized carbons (Fsp3) is 0.286. The highest BCUT2D eigenvalue weighted by Crippen LogP contribution is 2.16. The first kappa shape index (κ1) is 14.6. The van der Waals surface area contributed by atoms with Gasteiger partial charge in [0.15, 0.2) is 0 Å². The monoisotopic (exact) mass is 336 g/mol. The van der Waals surface area contributed by atoms with Crippen LogP contribution in [0.25, 0.3) is 0 Å². The zero-order valence-electron chi connectivity index (χ0n) is 11.5. The molecule has 0 radical (unpaired) electrons. The van der Waals surface area contributed by atoms with Crippen molar-refractivity contribution < 1.29 is 4.79 Å². The number of nitrogen functional groups attached to an aromatic ring is 1. The van der Waals surface area contributed by atoms with Crippen LogP contribution in [0.3, 0.4) is 0 Å². The molecule has 0 aliphatic carbocycles. The van der Waals surface area contributed by atoms with Gasteiger partial charge in [0.2, 0.25) is 5.91 Å². The lowest BCUT2D eigenvalue weighted by atomic mass is 10.2. The molecule has 106 valence electrons. The van der Waals surface area contributed by atoms with E-state index < -0.39 is 0 Å². The largest absolute Gasteiger partial charge is 0.396 e. The molecule has 3 N–H and O–H groups in total. The summed E-state index contributed by atoms with van der Waals surface area (Å²) in [5.74, 6) is -0.0913. The van der Waals surface area contributed by atoms with Crippen molar-refractivity contribution in [2.45, 2.75) is 26.9 Å². The number of aryl methyl sites for hydroxylation is 1. The topological polar surface area (TPSA) is 72.9 Å². The number of carbonyl (C=O) groups excluding carboxylic acids is 1. The molecular weight excluding hydrogens is 320 g/mol. The molecule has 1 aromatic carbocycles. The van der Waals surface area contributed by atoms with E-state index in [-0.39, 0.29) is 12.5 Å². The molecule has 0 saturated carbocycles. The van der Waals surface area contributed by atoms with Crippen LogP contribution in [0.15, 0.2) is 28.7 Å². The van der Waals surface area contributed by atoms with Crippen LogP contribution in [0.1, 0.15) is 17.0 Å². The molecule has 0 saturated heterocycles. The number of halogens is 1. The molecule has 2 rings (SSSR count). The van der Waals surface area contributed by atoms with Gasteiger partial charge in [0, 0.05) is 11.0 Å². The van der Waals surface area contributed by atoms with Crippen LogP contribution in [0.5, 0.6) is 0 Å². The second-order valence-electron chi connectivity index (χ2n) is 4.61. The Hall–Kier alpha value is -1.82. The Morgan fingerprint density at radius 3 is 2.70 bits per heavy atom. The minimum Gasteiger partial charge on any atom is -0.396 e. The summed E-state index contributed by atoms with van der Waals surface area (Å²) in [6.07, 6.45) is 0. The Bertz CT molecular complexity index is 636.